The van der Waals surface area contributed by atoms with E-state index in [2.05, 4.69) is 75.0 Å². The monoisotopic (exact) mass is 402 g/mol. The third kappa shape index (κ3) is 6.10. The lowest BCUT2D eigenvalue weighted by Gasteiger charge is -2.35. The van der Waals surface area contributed by atoms with E-state index in [0.717, 1.165) is 12.3 Å². The quantitative estimate of drug-likeness (QED) is 0.328. The van der Waals surface area contributed by atoms with Gasteiger partial charge in [0.05, 0.1) is 0 Å². The molecule has 0 saturated heterocycles. The summed E-state index contributed by atoms with van der Waals surface area (Å²) in [7, 11) is 0. The van der Waals surface area contributed by atoms with Crippen LogP contribution in [-0.2, 0) is 5.41 Å². The molecule has 0 bridgehead atoms. The highest BCUT2D eigenvalue weighted by Crippen LogP contribution is 2.41. The number of hydrogen-bond donors (Lipinski definition) is 0. The smallest absolute Gasteiger partial charge is 0.00441 e. The molecule has 1 unspecified atom stereocenters. The van der Waals surface area contributed by atoms with Crippen LogP contribution in [0.15, 0.2) is 61.2 Å². The van der Waals surface area contributed by atoms with Crippen LogP contribution in [0.1, 0.15) is 95.1 Å². The van der Waals surface area contributed by atoms with Gasteiger partial charge in [0.25, 0.3) is 0 Å². The Hall–Kier alpha value is -1.82. The van der Waals surface area contributed by atoms with Crippen molar-refractivity contribution < 1.29 is 0 Å². The number of benzene rings is 2. The van der Waals surface area contributed by atoms with Crippen LogP contribution in [0, 0.1) is 12.8 Å². The Morgan fingerprint density at radius 2 is 1.70 bits per heavy atom. The van der Waals surface area contributed by atoms with Crippen molar-refractivity contribution in [1.29, 1.82) is 0 Å². The van der Waals surface area contributed by atoms with E-state index in [1.807, 2.05) is 0 Å². The van der Waals surface area contributed by atoms with E-state index in [0.29, 0.717) is 5.41 Å². The Kier molecular flexibility index (Phi) is 8.79. The van der Waals surface area contributed by atoms with Crippen LogP contribution in [0.25, 0.3) is 11.1 Å². The van der Waals surface area contributed by atoms with Gasteiger partial charge in [-0.15, -0.1) is 6.58 Å². The molecule has 0 spiro atoms. The summed E-state index contributed by atoms with van der Waals surface area (Å²) in [4.78, 5) is 0. The van der Waals surface area contributed by atoms with Gasteiger partial charge < -0.3 is 0 Å². The number of rotatable bonds is 11. The Bertz CT molecular complexity index is 763. The Morgan fingerprint density at radius 3 is 2.37 bits per heavy atom. The fourth-order valence-electron chi connectivity index (χ4n) is 5.71. The van der Waals surface area contributed by atoms with Crippen molar-refractivity contribution in [3.63, 3.8) is 0 Å². The standard InChI is InChI=1S/C30H42/c1-4-6-22-30(21-5-2,23-11-15-26-13-8-7-9-14-26)29-19-17-27(18-20-29)28-16-10-12-25(3)24-28/h4,10,12,16-20,24,26H,1,5-9,11,13-15,21-23H2,2-3H3. The SMILES string of the molecule is C=CCCC(CCC)(CCCC1CCCCC1)c1ccc(-c2cccc(C)c2)cc1. The molecule has 1 aliphatic carbocycles. The maximum atomic E-state index is 4.03. The fraction of sp³-hybridized carbons (Fsp3) is 0.533. The number of aryl methyl sites for hydroxylation is 1. The van der Waals surface area contributed by atoms with Crippen LogP contribution in [0.3, 0.4) is 0 Å². The van der Waals surface area contributed by atoms with E-state index in [-0.39, 0.29) is 0 Å². The molecular formula is C30H42. The van der Waals surface area contributed by atoms with Gasteiger partial charge in [0.1, 0.15) is 0 Å². The molecule has 0 aromatic heterocycles. The van der Waals surface area contributed by atoms with Crippen molar-refractivity contribution in [3.8, 4) is 11.1 Å². The second-order valence-corrected chi connectivity index (χ2v) is 9.70. The summed E-state index contributed by atoms with van der Waals surface area (Å²) >= 11 is 0. The van der Waals surface area contributed by atoms with E-state index >= 15 is 0 Å². The molecule has 1 atom stereocenters. The molecule has 1 aliphatic rings. The second-order valence-electron chi connectivity index (χ2n) is 9.70. The van der Waals surface area contributed by atoms with Crippen molar-refractivity contribution in [2.24, 2.45) is 5.92 Å². The second kappa shape index (κ2) is 11.5. The van der Waals surface area contributed by atoms with Gasteiger partial charge in [-0.3, -0.25) is 0 Å². The van der Waals surface area contributed by atoms with E-state index in [9.17, 15) is 0 Å². The molecule has 1 fully saturated rings. The van der Waals surface area contributed by atoms with Crippen molar-refractivity contribution in [2.75, 3.05) is 0 Å². The summed E-state index contributed by atoms with van der Waals surface area (Å²) in [6, 6.07) is 18.4. The van der Waals surface area contributed by atoms with Gasteiger partial charge in [0.15, 0.2) is 0 Å². The molecule has 162 valence electrons. The highest BCUT2D eigenvalue weighted by atomic mass is 14.3. The van der Waals surface area contributed by atoms with Gasteiger partial charge in [-0.25, -0.2) is 0 Å². The number of allylic oxidation sites excluding steroid dienone is 1. The predicted molar refractivity (Wildman–Crippen MR) is 133 cm³/mol. The highest BCUT2D eigenvalue weighted by molar-refractivity contribution is 5.64. The van der Waals surface area contributed by atoms with Gasteiger partial charge in [0.2, 0.25) is 0 Å². The average molecular weight is 403 g/mol. The third-order valence-corrected chi connectivity index (χ3v) is 7.40. The van der Waals surface area contributed by atoms with Gasteiger partial charge >= 0.3 is 0 Å². The van der Waals surface area contributed by atoms with Crippen LogP contribution in [-0.4, -0.2) is 0 Å². The zero-order valence-corrected chi connectivity index (χ0v) is 19.5. The average Bonchev–Trinajstić information content (AvgIpc) is 2.78. The lowest BCUT2D eigenvalue weighted by Crippen LogP contribution is -2.26. The van der Waals surface area contributed by atoms with Crippen LogP contribution in [0.4, 0.5) is 0 Å². The minimum atomic E-state index is 0.308. The Morgan fingerprint density at radius 1 is 0.933 bits per heavy atom. The molecule has 30 heavy (non-hydrogen) atoms. The lowest BCUT2D eigenvalue weighted by molar-refractivity contribution is 0.284. The summed E-state index contributed by atoms with van der Waals surface area (Å²) in [5.41, 5.74) is 5.84. The molecule has 0 heteroatoms. The largest absolute Gasteiger partial charge is 0.103 e. The molecule has 0 N–H and O–H groups in total. The van der Waals surface area contributed by atoms with E-state index in [4.69, 9.17) is 0 Å². The maximum absolute atomic E-state index is 4.03. The lowest BCUT2D eigenvalue weighted by atomic mass is 9.69. The summed E-state index contributed by atoms with van der Waals surface area (Å²) in [5.74, 6) is 0.987. The molecule has 3 rings (SSSR count). The molecule has 1 saturated carbocycles. The molecule has 0 nitrogen and oxygen atoms in total. The van der Waals surface area contributed by atoms with Crippen LogP contribution in [0.5, 0.6) is 0 Å². The topological polar surface area (TPSA) is 0 Å². The van der Waals surface area contributed by atoms with Crippen molar-refractivity contribution in [3.05, 3.63) is 72.3 Å². The first-order valence-corrected chi connectivity index (χ1v) is 12.5. The normalized spacial score (nSPS) is 16.9. The molecule has 0 aliphatic heterocycles. The first kappa shape index (κ1) is 22.9. The van der Waals surface area contributed by atoms with Crippen molar-refractivity contribution in [2.45, 2.75) is 96.3 Å². The Balaban J connectivity index is 1.78. The molecule has 2 aromatic rings. The molecule has 0 heterocycles. The summed E-state index contributed by atoms with van der Waals surface area (Å²) < 4.78 is 0. The highest BCUT2D eigenvalue weighted by Gasteiger charge is 2.30. The van der Waals surface area contributed by atoms with Gasteiger partial charge in [-0.05, 0) is 60.6 Å². The van der Waals surface area contributed by atoms with Crippen LogP contribution in [0.2, 0.25) is 0 Å². The van der Waals surface area contributed by atoms with E-state index in [1.54, 1.807) is 5.56 Å². The van der Waals surface area contributed by atoms with Crippen LogP contribution < -0.4 is 0 Å². The Labute approximate surface area is 185 Å². The zero-order valence-electron chi connectivity index (χ0n) is 19.5. The van der Waals surface area contributed by atoms with E-state index < -0.39 is 0 Å². The molecular weight excluding hydrogens is 360 g/mol. The first-order valence-electron chi connectivity index (χ1n) is 12.5. The van der Waals surface area contributed by atoms with Gasteiger partial charge in [-0.1, -0.05) is 118 Å². The summed E-state index contributed by atoms with van der Waals surface area (Å²) in [5, 5.41) is 0. The minimum absolute atomic E-state index is 0.308. The third-order valence-electron chi connectivity index (χ3n) is 7.40. The van der Waals surface area contributed by atoms with E-state index in [1.165, 1.54) is 87.3 Å². The predicted octanol–water partition coefficient (Wildman–Crippen LogP) is 9.42. The first-order chi connectivity index (χ1) is 14.7. The molecule has 0 amide bonds. The van der Waals surface area contributed by atoms with Gasteiger partial charge in [-0.2, -0.15) is 0 Å². The summed E-state index contributed by atoms with van der Waals surface area (Å²) in [6.45, 7) is 8.56. The number of hydrogen-bond acceptors (Lipinski definition) is 0. The fourth-order valence-corrected chi connectivity index (χ4v) is 5.71. The zero-order chi connectivity index (χ0) is 21.2. The van der Waals surface area contributed by atoms with Crippen molar-refractivity contribution >= 4 is 0 Å². The maximum Gasteiger partial charge on any atom is -0.00441 e. The minimum Gasteiger partial charge on any atom is -0.103 e. The van der Waals surface area contributed by atoms with Gasteiger partial charge in [0, 0.05) is 0 Å². The molecule has 0 radical (unpaired) electrons. The molecule has 2 aromatic carbocycles. The van der Waals surface area contributed by atoms with Crippen molar-refractivity contribution in [1.82, 2.24) is 0 Å². The van der Waals surface area contributed by atoms with Crippen LogP contribution >= 0.6 is 0 Å². The summed E-state index contributed by atoms with van der Waals surface area (Å²) in [6.07, 6.45) is 18.5.